The van der Waals surface area contributed by atoms with E-state index in [0.29, 0.717) is 43.1 Å². The zero-order chi connectivity index (χ0) is 28.0. The highest BCUT2D eigenvalue weighted by molar-refractivity contribution is 7.89. The molecule has 2 aromatic carbocycles. The Morgan fingerprint density at radius 3 is 2.12 bits per heavy atom. The minimum atomic E-state index is -3.69. The van der Waals surface area contributed by atoms with Crippen molar-refractivity contribution in [3.05, 3.63) is 71.0 Å². The number of aromatic nitrogens is 1. The summed E-state index contributed by atoms with van der Waals surface area (Å²) in [6.45, 7) is 8.74. The van der Waals surface area contributed by atoms with E-state index in [-0.39, 0.29) is 10.8 Å². The van der Waals surface area contributed by atoms with Crippen LogP contribution < -0.4 is 9.80 Å². The van der Waals surface area contributed by atoms with Crippen molar-refractivity contribution in [1.82, 2.24) is 8.87 Å². The number of sulfonamides is 1. The second-order valence-electron chi connectivity index (χ2n) is 10.4. The molecule has 6 rings (SSSR count). The Hall–Kier alpha value is -3.44. The summed E-state index contributed by atoms with van der Waals surface area (Å²) in [4.78, 5) is 17.4. The van der Waals surface area contributed by atoms with Crippen LogP contribution in [0, 0.1) is 13.8 Å². The molecule has 4 heterocycles. The number of likely N-dealkylation sites (N-methyl/N-ethyl adjacent to an activating group) is 1. The van der Waals surface area contributed by atoms with Gasteiger partial charge in [-0.15, -0.1) is 0 Å². The lowest BCUT2D eigenvalue weighted by atomic mass is 10.0. The van der Waals surface area contributed by atoms with E-state index in [1.165, 1.54) is 9.99 Å². The number of anilines is 2. The molecule has 0 saturated carbocycles. The lowest BCUT2D eigenvalue weighted by Crippen LogP contribution is -2.40. The Kier molecular flexibility index (Phi) is 7.03. The highest BCUT2D eigenvalue weighted by atomic mass is 32.2. The molecule has 2 saturated heterocycles. The maximum atomic E-state index is 13.4. The Balaban J connectivity index is 1.34. The van der Waals surface area contributed by atoms with Crippen LogP contribution in [-0.4, -0.2) is 82.9 Å². The van der Waals surface area contributed by atoms with Gasteiger partial charge in [-0.05, 0) is 74.0 Å². The van der Waals surface area contributed by atoms with Gasteiger partial charge < -0.3 is 23.8 Å². The molecule has 0 N–H and O–H groups in total. The first-order valence-corrected chi connectivity index (χ1v) is 15.0. The van der Waals surface area contributed by atoms with Crippen LogP contribution in [0.25, 0.3) is 17.3 Å². The summed E-state index contributed by atoms with van der Waals surface area (Å²) in [5.41, 5.74) is 7.00. The number of hydrogen-bond donors (Lipinski definition) is 0. The number of carbonyl (C=O) groups excluding carboxylic acids is 1. The van der Waals surface area contributed by atoms with Crippen LogP contribution in [0.2, 0.25) is 0 Å². The lowest BCUT2D eigenvalue weighted by Gasteiger charge is -2.29. The van der Waals surface area contributed by atoms with Crippen molar-refractivity contribution in [2.45, 2.75) is 18.7 Å². The fourth-order valence-electron chi connectivity index (χ4n) is 5.79. The lowest BCUT2D eigenvalue weighted by molar-refractivity contribution is -0.112. The second-order valence-corrected chi connectivity index (χ2v) is 12.3. The zero-order valence-corrected chi connectivity index (χ0v) is 23.9. The third-order valence-corrected chi connectivity index (χ3v) is 9.91. The number of rotatable bonds is 5. The molecule has 210 valence electrons. The summed E-state index contributed by atoms with van der Waals surface area (Å²) >= 11 is 0. The molecule has 0 atom stereocenters. The molecule has 1 aromatic heterocycles. The van der Waals surface area contributed by atoms with E-state index in [9.17, 15) is 13.2 Å². The normalized spacial score (nSPS) is 19.5. The fourth-order valence-corrected chi connectivity index (χ4v) is 7.22. The Morgan fingerprint density at radius 1 is 0.825 bits per heavy atom. The van der Waals surface area contributed by atoms with Gasteiger partial charge in [0.1, 0.15) is 0 Å². The van der Waals surface area contributed by atoms with E-state index >= 15 is 0 Å². The van der Waals surface area contributed by atoms with Crippen molar-refractivity contribution in [3.8, 4) is 5.69 Å². The molecular weight excluding hydrogens is 528 g/mol. The van der Waals surface area contributed by atoms with Gasteiger partial charge in [0.2, 0.25) is 10.0 Å². The molecule has 1 amide bonds. The van der Waals surface area contributed by atoms with Gasteiger partial charge in [0.15, 0.2) is 0 Å². The molecule has 9 nitrogen and oxygen atoms in total. The Bertz CT molecular complexity index is 1580. The summed E-state index contributed by atoms with van der Waals surface area (Å²) < 4.78 is 41.1. The van der Waals surface area contributed by atoms with Gasteiger partial charge in [0.05, 0.1) is 37.0 Å². The van der Waals surface area contributed by atoms with Crippen molar-refractivity contribution < 1.29 is 22.7 Å². The number of aryl methyl sites for hydroxylation is 1. The molecule has 40 heavy (non-hydrogen) atoms. The molecule has 0 unspecified atom stereocenters. The summed E-state index contributed by atoms with van der Waals surface area (Å²) in [5, 5.41) is 0. The van der Waals surface area contributed by atoms with Crippen molar-refractivity contribution in [1.29, 1.82) is 0 Å². The van der Waals surface area contributed by atoms with Crippen LogP contribution >= 0.6 is 0 Å². The third kappa shape index (κ3) is 4.64. The second kappa shape index (κ2) is 10.5. The molecule has 3 aliphatic heterocycles. The first kappa shape index (κ1) is 26.8. The van der Waals surface area contributed by atoms with E-state index in [1.54, 1.807) is 30.1 Å². The van der Waals surface area contributed by atoms with Gasteiger partial charge >= 0.3 is 0 Å². The van der Waals surface area contributed by atoms with E-state index in [4.69, 9.17) is 9.47 Å². The molecule has 0 radical (unpaired) electrons. The highest BCUT2D eigenvalue weighted by Crippen LogP contribution is 2.39. The molecule has 2 fully saturated rings. The van der Waals surface area contributed by atoms with Gasteiger partial charge in [0.25, 0.3) is 5.91 Å². The minimum Gasteiger partial charge on any atom is -0.379 e. The standard InChI is InChI=1S/C30H34N4O5S/c1-21-18-23(22(2)34(21)25-6-4-24(5-7-25)32-10-14-38-15-11-32)19-28-27-20-26(8-9-29(27)31(3)30(28)35)40(36,37)33-12-16-39-17-13-33/h4-9,18-20H,10-17H2,1-3H3. The quantitative estimate of drug-likeness (QED) is 0.443. The molecule has 10 heteroatoms. The maximum Gasteiger partial charge on any atom is 0.258 e. The van der Waals surface area contributed by atoms with Crippen molar-refractivity contribution >= 4 is 39.0 Å². The minimum absolute atomic E-state index is 0.157. The third-order valence-electron chi connectivity index (χ3n) is 8.02. The zero-order valence-electron chi connectivity index (χ0n) is 23.1. The number of morpholine rings is 2. The maximum absolute atomic E-state index is 13.4. The van der Waals surface area contributed by atoms with Gasteiger partial charge in [-0.25, -0.2) is 8.42 Å². The Morgan fingerprint density at radius 2 is 1.45 bits per heavy atom. The summed E-state index contributed by atoms with van der Waals surface area (Å²) in [6, 6.07) is 15.5. The number of amides is 1. The van der Waals surface area contributed by atoms with E-state index in [1.807, 2.05) is 13.0 Å². The smallest absolute Gasteiger partial charge is 0.258 e. The monoisotopic (exact) mass is 562 g/mol. The Labute approximate surface area is 235 Å². The number of fused-ring (bicyclic) bond motifs is 1. The molecule has 3 aromatic rings. The number of benzene rings is 2. The number of ether oxygens (including phenoxy) is 2. The first-order chi connectivity index (χ1) is 19.3. The van der Waals surface area contributed by atoms with Gasteiger partial charge in [-0.2, -0.15) is 4.31 Å². The van der Waals surface area contributed by atoms with Crippen LogP contribution in [0.3, 0.4) is 0 Å². The van der Waals surface area contributed by atoms with E-state index < -0.39 is 10.0 Å². The van der Waals surface area contributed by atoms with Crippen LogP contribution in [-0.2, 0) is 24.3 Å². The molecular formula is C30H34N4O5S. The fraction of sp³-hybridized carbons (Fsp3) is 0.367. The van der Waals surface area contributed by atoms with Crippen LogP contribution in [0.1, 0.15) is 22.5 Å². The SMILES string of the molecule is Cc1cc(C=C2C(=O)N(C)c3ccc(S(=O)(=O)N4CCOCC4)cc32)c(C)n1-c1ccc(N2CCOCC2)cc1. The average molecular weight is 563 g/mol. The van der Waals surface area contributed by atoms with Crippen LogP contribution in [0.5, 0.6) is 0 Å². The number of hydrogen-bond acceptors (Lipinski definition) is 6. The van der Waals surface area contributed by atoms with E-state index in [2.05, 4.69) is 46.7 Å². The van der Waals surface area contributed by atoms with Gasteiger partial charge in [0, 0.05) is 67.1 Å². The van der Waals surface area contributed by atoms with Crippen molar-refractivity contribution in [2.24, 2.45) is 0 Å². The van der Waals surface area contributed by atoms with Crippen LogP contribution in [0.4, 0.5) is 11.4 Å². The van der Waals surface area contributed by atoms with E-state index in [0.717, 1.165) is 48.9 Å². The number of carbonyl (C=O) groups is 1. The molecule has 0 spiro atoms. The van der Waals surface area contributed by atoms with Crippen molar-refractivity contribution in [2.75, 3.05) is 69.5 Å². The van der Waals surface area contributed by atoms with Crippen molar-refractivity contribution in [3.63, 3.8) is 0 Å². The molecule has 0 bridgehead atoms. The predicted octanol–water partition coefficient (Wildman–Crippen LogP) is 3.47. The summed E-state index contributed by atoms with van der Waals surface area (Å²) in [7, 11) is -1.97. The van der Waals surface area contributed by atoms with Gasteiger partial charge in [-0.1, -0.05) is 0 Å². The highest BCUT2D eigenvalue weighted by Gasteiger charge is 2.33. The summed E-state index contributed by atoms with van der Waals surface area (Å²) in [5.74, 6) is -0.157. The average Bonchev–Trinajstić information content (AvgIpc) is 3.40. The van der Waals surface area contributed by atoms with Crippen LogP contribution in [0.15, 0.2) is 53.4 Å². The molecule has 3 aliphatic rings. The first-order valence-electron chi connectivity index (χ1n) is 13.6. The number of nitrogens with zero attached hydrogens (tertiary/aromatic N) is 4. The predicted molar refractivity (Wildman–Crippen MR) is 156 cm³/mol. The summed E-state index contributed by atoms with van der Waals surface area (Å²) in [6.07, 6.45) is 1.89. The topological polar surface area (TPSA) is 84.3 Å². The van der Waals surface area contributed by atoms with Gasteiger partial charge in [-0.3, -0.25) is 4.79 Å². The largest absolute Gasteiger partial charge is 0.379 e. The molecule has 0 aliphatic carbocycles.